The summed E-state index contributed by atoms with van der Waals surface area (Å²) in [6.07, 6.45) is 0.0666. The van der Waals surface area contributed by atoms with Crippen molar-refractivity contribution in [3.05, 3.63) is 16.1 Å². The van der Waals surface area contributed by atoms with E-state index in [1.54, 1.807) is 11.3 Å². The van der Waals surface area contributed by atoms with Gasteiger partial charge < -0.3 is 15.0 Å². The fourth-order valence-corrected chi connectivity index (χ4v) is 3.78. The van der Waals surface area contributed by atoms with E-state index in [9.17, 15) is 4.79 Å². The molecule has 1 aliphatic heterocycles. The van der Waals surface area contributed by atoms with Crippen molar-refractivity contribution in [2.75, 3.05) is 46.4 Å². The topological polar surface area (TPSA) is 57.7 Å². The molecule has 0 saturated carbocycles. The van der Waals surface area contributed by atoms with Crippen LogP contribution in [0.2, 0.25) is 0 Å². The third-order valence-corrected chi connectivity index (χ3v) is 5.39. The van der Waals surface area contributed by atoms with Gasteiger partial charge in [0.1, 0.15) is 11.1 Å². The first kappa shape index (κ1) is 19.3. The highest BCUT2D eigenvalue weighted by molar-refractivity contribution is 7.09. The number of hydrogen-bond donors (Lipinski definition) is 1. The van der Waals surface area contributed by atoms with Gasteiger partial charge in [-0.05, 0) is 20.9 Å². The molecule has 0 radical (unpaired) electrons. The van der Waals surface area contributed by atoms with Crippen molar-refractivity contribution in [3.63, 3.8) is 0 Å². The second-order valence-electron chi connectivity index (χ2n) is 6.33. The summed E-state index contributed by atoms with van der Waals surface area (Å²) in [6.45, 7) is 11.8. The molecule has 2 heterocycles. The monoisotopic (exact) mass is 354 g/mol. The smallest absolute Gasteiger partial charge is 0.226 e. The van der Waals surface area contributed by atoms with Crippen LogP contribution >= 0.6 is 11.3 Å². The zero-order valence-electron chi connectivity index (χ0n) is 15.2. The third-order valence-electron chi connectivity index (χ3n) is 4.34. The van der Waals surface area contributed by atoms with E-state index in [2.05, 4.69) is 15.6 Å². The van der Waals surface area contributed by atoms with Crippen molar-refractivity contribution >= 4 is 17.2 Å². The van der Waals surface area contributed by atoms with Crippen LogP contribution in [-0.4, -0.2) is 67.1 Å². The number of ether oxygens (including phenoxy) is 1. The van der Waals surface area contributed by atoms with Crippen molar-refractivity contribution in [1.29, 1.82) is 0 Å². The van der Waals surface area contributed by atoms with Crippen LogP contribution < -0.4 is 5.32 Å². The summed E-state index contributed by atoms with van der Waals surface area (Å²) in [4.78, 5) is 21.4. The van der Waals surface area contributed by atoms with Crippen LogP contribution in [0, 0.1) is 5.92 Å². The standard InChI is InChI=1S/C17H30N4O2S/c1-5-23-14(3)16-19-15(12-24-16)11-20-6-8-21(9-7-20)17(22)13(2)10-18-4/h12-14,18H,5-11H2,1-4H3. The molecule has 1 N–H and O–H groups in total. The molecule has 2 unspecified atom stereocenters. The van der Waals surface area contributed by atoms with Gasteiger partial charge in [-0.25, -0.2) is 4.98 Å². The van der Waals surface area contributed by atoms with Crippen molar-refractivity contribution in [2.24, 2.45) is 5.92 Å². The lowest BCUT2D eigenvalue weighted by Gasteiger charge is -2.35. The summed E-state index contributed by atoms with van der Waals surface area (Å²) >= 11 is 1.67. The average Bonchev–Trinajstić information content (AvgIpc) is 3.04. The second kappa shape index (κ2) is 9.46. The van der Waals surface area contributed by atoms with Crippen LogP contribution in [0.15, 0.2) is 5.38 Å². The predicted octanol–water partition coefficient (Wildman–Crippen LogP) is 1.74. The Morgan fingerprint density at radius 2 is 2.08 bits per heavy atom. The molecule has 1 fully saturated rings. The van der Waals surface area contributed by atoms with Crippen molar-refractivity contribution in [1.82, 2.24) is 20.1 Å². The van der Waals surface area contributed by atoms with E-state index in [0.717, 1.165) is 50.0 Å². The van der Waals surface area contributed by atoms with Gasteiger partial charge in [0.2, 0.25) is 5.91 Å². The summed E-state index contributed by atoms with van der Waals surface area (Å²) in [5, 5.41) is 6.24. The van der Waals surface area contributed by atoms with Gasteiger partial charge >= 0.3 is 0 Å². The Morgan fingerprint density at radius 1 is 1.38 bits per heavy atom. The molecule has 2 atom stereocenters. The van der Waals surface area contributed by atoms with Crippen molar-refractivity contribution in [2.45, 2.75) is 33.4 Å². The number of nitrogens with one attached hydrogen (secondary N) is 1. The largest absolute Gasteiger partial charge is 0.372 e. The van der Waals surface area contributed by atoms with E-state index in [-0.39, 0.29) is 17.9 Å². The van der Waals surface area contributed by atoms with Crippen LogP contribution in [0.4, 0.5) is 0 Å². The van der Waals surface area contributed by atoms with Gasteiger partial charge in [0.05, 0.1) is 5.69 Å². The molecule has 0 spiro atoms. The lowest BCUT2D eigenvalue weighted by atomic mass is 10.1. The van der Waals surface area contributed by atoms with Crippen molar-refractivity contribution < 1.29 is 9.53 Å². The summed E-state index contributed by atoms with van der Waals surface area (Å²) < 4.78 is 5.60. The van der Waals surface area contributed by atoms with E-state index >= 15 is 0 Å². The molecule has 24 heavy (non-hydrogen) atoms. The molecule has 136 valence electrons. The highest BCUT2D eigenvalue weighted by Crippen LogP contribution is 2.22. The number of carbonyl (C=O) groups excluding carboxylic acids is 1. The van der Waals surface area contributed by atoms with Gasteiger partial charge in [-0.3, -0.25) is 9.69 Å². The van der Waals surface area contributed by atoms with Crippen molar-refractivity contribution in [3.8, 4) is 0 Å². The maximum absolute atomic E-state index is 12.3. The lowest BCUT2D eigenvalue weighted by Crippen LogP contribution is -2.50. The summed E-state index contributed by atoms with van der Waals surface area (Å²) in [5.74, 6) is 0.299. The first-order valence-electron chi connectivity index (χ1n) is 8.76. The van der Waals surface area contributed by atoms with Gasteiger partial charge in [0.15, 0.2) is 0 Å². The Hall–Kier alpha value is -1.02. The molecule has 2 rings (SSSR count). The van der Waals surface area contributed by atoms with Gasteiger partial charge in [0, 0.05) is 57.2 Å². The Morgan fingerprint density at radius 3 is 2.71 bits per heavy atom. The minimum atomic E-state index is 0.0442. The summed E-state index contributed by atoms with van der Waals surface area (Å²) in [7, 11) is 1.89. The van der Waals surface area contributed by atoms with E-state index in [4.69, 9.17) is 9.72 Å². The van der Waals surface area contributed by atoms with E-state index in [1.807, 2.05) is 32.7 Å². The molecule has 1 aromatic rings. The minimum Gasteiger partial charge on any atom is -0.372 e. The first-order valence-corrected chi connectivity index (χ1v) is 9.64. The minimum absolute atomic E-state index is 0.0442. The predicted molar refractivity (Wildman–Crippen MR) is 97.1 cm³/mol. The van der Waals surface area contributed by atoms with Crippen LogP contribution in [0.25, 0.3) is 0 Å². The SMILES string of the molecule is CCOC(C)c1nc(CN2CCN(C(=O)C(C)CNC)CC2)cs1. The Bertz CT molecular complexity index is 514. The van der Waals surface area contributed by atoms with Gasteiger partial charge in [-0.2, -0.15) is 0 Å². The van der Waals surface area contributed by atoms with Crippen LogP contribution in [0.5, 0.6) is 0 Å². The zero-order chi connectivity index (χ0) is 17.5. The number of carbonyl (C=O) groups is 1. The van der Waals surface area contributed by atoms with E-state index in [1.165, 1.54) is 0 Å². The fraction of sp³-hybridized carbons (Fsp3) is 0.765. The quantitative estimate of drug-likeness (QED) is 0.771. The average molecular weight is 355 g/mol. The third kappa shape index (κ3) is 5.24. The normalized spacial score (nSPS) is 18.6. The molecule has 1 saturated heterocycles. The zero-order valence-corrected chi connectivity index (χ0v) is 16.1. The number of amides is 1. The summed E-state index contributed by atoms with van der Waals surface area (Å²) in [5.41, 5.74) is 1.10. The number of hydrogen-bond acceptors (Lipinski definition) is 6. The molecule has 1 aromatic heterocycles. The molecule has 6 nitrogen and oxygen atoms in total. The highest BCUT2D eigenvalue weighted by Gasteiger charge is 2.25. The summed E-state index contributed by atoms with van der Waals surface area (Å²) in [6, 6.07) is 0. The Labute approximate surface area is 149 Å². The number of thiazole rings is 1. The second-order valence-corrected chi connectivity index (χ2v) is 7.22. The van der Waals surface area contributed by atoms with Gasteiger partial charge in [-0.1, -0.05) is 6.92 Å². The molecule has 1 aliphatic rings. The molecule has 0 aromatic carbocycles. The first-order chi connectivity index (χ1) is 11.5. The van der Waals surface area contributed by atoms with E-state index in [0.29, 0.717) is 6.61 Å². The maximum atomic E-state index is 12.3. The number of rotatable bonds is 8. The highest BCUT2D eigenvalue weighted by atomic mass is 32.1. The van der Waals surface area contributed by atoms with Crippen LogP contribution in [-0.2, 0) is 16.1 Å². The Kier molecular flexibility index (Phi) is 7.61. The molecule has 1 amide bonds. The van der Waals surface area contributed by atoms with Crippen LogP contribution in [0.3, 0.4) is 0 Å². The van der Waals surface area contributed by atoms with Gasteiger partial charge in [0.25, 0.3) is 0 Å². The molecule has 0 bridgehead atoms. The number of piperazine rings is 1. The number of nitrogens with zero attached hydrogens (tertiary/aromatic N) is 3. The number of aromatic nitrogens is 1. The molecule has 7 heteroatoms. The molecular formula is C17H30N4O2S. The Balaban J connectivity index is 1.80. The van der Waals surface area contributed by atoms with Gasteiger partial charge in [-0.15, -0.1) is 11.3 Å². The van der Waals surface area contributed by atoms with E-state index < -0.39 is 0 Å². The van der Waals surface area contributed by atoms with Crippen LogP contribution in [0.1, 0.15) is 37.6 Å². The fourth-order valence-electron chi connectivity index (χ4n) is 2.96. The molecular weight excluding hydrogens is 324 g/mol. The maximum Gasteiger partial charge on any atom is 0.226 e. The lowest BCUT2D eigenvalue weighted by molar-refractivity contribution is -0.136. The molecule has 0 aliphatic carbocycles.